The van der Waals surface area contributed by atoms with Gasteiger partial charge in [-0.1, -0.05) is 42.5 Å². The van der Waals surface area contributed by atoms with Gasteiger partial charge < -0.3 is 9.91 Å². The summed E-state index contributed by atoms with van der Waals surface area (Å²) in [6.07, 6.45) is 0. The molecule has 2 aromatic rings. The average molecular weight is 335 g/mol. The van der Waals surface area contributed by atoms with Gasteiger partial charge in [-0.05, 0) is 38.0 Å². The van der Waals surface area contributed by atoms with Crippen LogP contribution in [0.25, 0.3) is 11.3 Å². The molecule has 0 saturated heterocycles. The van der Waals surface area contributed by atoms with E-state index in [1.54, 1.807) is 0 Å². The first-order chi connectivity index (χ1) is 12.1. The van der Waals surface area contributed by atoms with Crippen molar-refractivity contribution in [3.8, 4) is 0 Å². The second-order valence-corrected chi connectivity index (χ2v) is 6.73. The van der Waals surface area contributed by atoms with E-state index in [0.29, 0.717) is 0 Å². The molecule has 0 bridgehead atoms. The predicted molar refractivity (Wildman–Crippen MR) is 108 cm³/mol. The summed E-state index contributed by atoms with van der Waals surface area (Å²) in [5.41, 5.74) is 8.01. The lowest BCUT2D eigenvalue weighted by Crippen LogP contribution is -2.37. The summed E-state index contributed by atoms with van der Waals surface area (Å²) in [5.74, 6) is 0. The topological polar surface area (TPSA) is 9.72 Å². The minimum Gasteiger partial charge on any atom is -0.367 e. The second-order valence-electron chi connectivity index (χ2n) is 6.73. The van der Waals surface area contributed by atoms with Gasteiger partial charge >= 0.3 is 0 Å². The van der Waals surface area contributed by atoms with Gasteiger partial charge in [-0.2, -0.15) is 0 Å². The third-order valence-corrected chi connectivity index (χ3v) is 5.06. The molecule has 2 aromatic carbocycles. The Morgan fingerprint density at radius 3 is 2.20 bits per heavy atom. The minimum atomic E-state index is 0.936. The molecule has 132 valence electrons. The first-order valence-electron chi connectivity index (χ1n) is 9.16. The van der Waals surface area contributed by atoms with Crippen LogP contribution in [0.2, 0.25) is 0 Å². The van der Waals surface area contributed by atoms with Crippen LogP contribution in [0.1, 0.15) is 37.5 Å². The van der Waals surface area contributed by atoms with Crippen molar-refractivity contribution >= 4 is 17.0 Å². The Morgan fingerprint density at radius 1 is 0.920 bits per heavy atom. The summed E-state index contributed by atoms with van der Waals surface area (Å²) >= 11 is 0. The van der Waals surface area contributed by atoms with Crippen molar-refractivity contribution in [1.29, 1.82) is 0 Å². The molecule has 0 saturated carbocycles. The van der Waals surface area contributed by atoms with Crippen molar-refractivity contribution in [1.82, 2.24) is 10.0 Å². The molecule has 0 unspecified atom stereocenters. The van der Waals surface area contributed by atoms with Crippen LogP contribution in [0.4, 0.5) is 5.69 Å². The van der Waals surface area contributed by atoms with Crippen LogP contribution < -0.4 is 4.90 Å². The van der Waals surface area contributed by atoms with E-state index < -0.39 is 0 Å². The van der Waals surface area contributed by atoms with Crippen LogP contribution in [0, 0.1) is 0 Å². The molecule has 25 heavy (non-hydrogen) atoms. The maximum Gasteiger partial charge on any atom is 0.0633 e. The van der Waals surface area contributed by atoms with Gasteiger partial charge in [0.05, 0.1) is 5.70 Å². The lowest BCUT2D eigenvalue weighted by Gasteiger charge is -2.37. The van der Waals surface area contributed by atoms with Gasteiger partial charge in [0, 0.05) is 50.5 Å². The van der Waals surface area contributed by atoms with Crippen molar-refractivity contribution in [3.63, 3.8) is 0 Å². The summed E-state index contributed by atoms with van der Waals surface area (Å²) in [6, 6.07) is 17.6. The Morgan fingerprint density at radius 2 is 1.56 bits per heavy atom. The first kappa shape index (κ1) is 17.6. The molecular weight excluding hydrogens is 306 g/mol. The van der Waals surface area contributed by atoms with Gasteiger partial charge in [0.1, 0.15) is 0 Å². The number of nitrogens with zero attached hydrogens (tertiary/aromatic N) is 3. The van der Waals surface area contributed by atoms with E-state index in [2.05, 4.69) is 98.3 Å². The minimum absolute atomic E-state index is 0.936. The highest BCUT2D eigenvalue weighted by Gasteiger charge is 2.24. The first-order valence-corrected chi connectivity index (χ1v) is 9.16. The number of anilines is 1. The molecular formula is C22H29N3. The summed E-state index contributed by atoms with van der Waals surface area (Å²) in [5, 5.41) is 4.56. The van der Waals surface area contributed by atoms with Crippen LogP contribution >= 0.6 is 0 Å². The Bertz CT molecular complexity index is 776. The lowest BCUT2D eigenvalue weighted by molar-refractivity contribution is 0.104. The van der Waals surface area contributed by atoms with E-state index >= 15 is 0 Å². The van der Waals surface area contributed by atoms with Crippen LogP contribution in [0.15, 0.2) is 48.5 Å². The summed E-state index contributed by atoms with van der Waals surface area (Å²) < 4.78 is 0. The molecule has 0 amide bonds. The summed E-state index contributed by atoms with van der Waals surface area (Å²) in [7, 11) is 4.24. The normalized spacial score (nSPS) is 17.0. The number of hydrogen-bond donors (Lipinski definition) is 0. The molecule has 0 fully saturated rings. The molecule has 0 aliphatic carbocycles. The zero-order valence-corrected chi connectivity index (χ0v) is 16.1. The van der Waals surface area contributed by atoms with Crippen molar-refractivity contribution in [2.24, 2.45) is 0 Å². The Hall–Kier alpha value is -2.26. The molecule has 1 aliphatic heterocycles. The largest absolute Gasteiger partial charge is 0.367 e. The Balaban J connectivity index is 2.34. The number of para-hydroxylation sites is 1. The Labute approximate surface area is 152 Å². The van der Waals surface area contributed by atoms with Gasteiger partial charge in [-0.25, -0.2) is 5.01 Å². The average Bonchev–Trinajstić information content (AvgIpc) is 2.63. The van der Waals surface area contributed by atoms with Crippen molar-refractivity contribution in [2.75, 3.05) is 32.1 Å². The molecule has 0 N–H and O–H groups in total. The lowest BCUT2D eigenvalue weighted by atomic mass is 9.93. The standard InChI is InChI=1S/C22H29N3/c1-6-24-16-18-12-8-9-14-20(18)22(25(7-2)23(4)5)17(3)19-13-10-11-15-21(19)24/h8-15H,6-7,16H2,1-5H3/b22-17+. The second kappa shape index (κ2) is 7.32. The number of allylic oxidation sites excluding steroid dienone is 1. The third-order valence-electron chi connectivity index (χ3n) is 5.06. The highest BCUT2D eigenvalue weighted by Crippen LogP contribution is 2.38. The van der Waals surface area contributed by atoms with Crippen molar-refractivity contribution in [3.05, 3.63) is 65.2 Å². The molecule has 0 aromatic heterocycles. The number of hydrazine groups is 1. The molecule has 1 aliphatic rings. The maximum atomic E-state index is 2.47. The smallest absolute Gasteiger partial charge is 0.0633 e. The molecule has 3 nitrogen and oxygen atoms in total. The zero-order valence-electron chi connectivity index (χ0n) is 16.1. The number of fused-ring (bicyclic) bond motifs is 2. The van der Waals surface area contributed by atoms with Crippen molar-refractivity contribution in [2.45, 2.75) is 27.3 Å². The van der Waals surface area contributed by atoms with E-state index in [1.807, 2.05) is 0 Å². The van der Waals surface area contributed by atoms with Crippen LogP contribution in [-0.2, 0) is 6.54 Å². The molecule has 0 spiro atoms. The highest BCUT2D eigenvalue weighted by molar-refractivity contribution is 5.94. The van der Waals surface area contributed by atoms with E-state index in [0.717, 1.165) is 19.6 Å². The molecule has 0 atom stereocenters. The fourth-order valence-corrected chi connectivity index (χ4v) is 3.83. The van der Waals surface area contributed by atoms with Gasteiger partial charge in [0.2, 0.25) is 0 Å². The monoisotopic (exact) mass is 335 g/mol. The van der Waals surface area contributed by atoms with Gasteiger partial charge in [0.15, 0.2) is 0 Å². The van der Waals surface area contributed by atoms with Gasteiger partial charge in [-0.15, -0.1) is 0 Å². The molecule has 3 heteroatoms. The van der Waals surface area contributed by atoms with Crippen molar-refractivity contribution < 1.29 is 0 Å². The highest BCUT2D eigenvalue weighted by atomic mass is 15.6. The fraction of sp³-hybridized carbons (Fsp3) is 0.364. The Kier molecular flexibility index (Phi) is 5.14. The SMILES string of the molecule is CCN1Cc2ccccc2/C(N(CC)N(C)C)=C(/C)c2ccccc21. The van der Waals surface area contributed by atoms with Crippen LogP contribution in [-0.4, -0.2) is 37.2 Å². The van der Waals surface area contributed by atoms with Crippen LogP contribution in [0.5, 0.6) is 0 Å². The molecule has 0 radical (unpaired) electrons. The quantitative estimate of drug-likeness (QED) is 0.749. The third kappa shape index (κ3) is 3.16. The number of benzene rings is 2. The summed E-state index contributed by atoms with van der Waals surface area (Å²) in [6.45, 7) is 9.58. The van der Waals surface area contributed by atoms with Gasteiger partial charge in [0.25, 0.3) is 0 Å². The summed E-state index contributed by atoms with van der Waals surface area (Å²) in [4.78, 5) is 2.47. The van der Waals surface area contributed by atoms with E-state index in [9.17, 15) is 0 Å². The molecule has 3 rings (SSSR count). The van der Waals surface area contributed by atoms with E-state index in [4.69, 9.17) is 0 Å². The zero-order chi connectivity index (χ0) is 18.0. The molecule has 1 heterocycles. The maximum absolute atomic E-state index is 2.47. The fourth-order valence-electron chi connectivity index (χ4n) is 3.83. The van der Waals surface area contributed by atoms with E-state index in [-0.39, 0.29) is 0 Å². The predicted octanol–water partition coefficient (Wildman–Crippen LogP) is 4.71. The number of rotatable bonds is 4. The van der Waals surface area contributed by atoms with E-state index in [1.165, 1.54) is 33.6 Å². The number of hydrogen-bond acceptors (Lipinski definition) is 3. The van der Waals surface area contributed by atoms with Crippen LogP contribution in [0.3, 0.4) is 0 Å². The van der Waals surface area contributed by atoms with Gasteiger partial charge in [-0.3, -0.25) is 0 Å².